The largest absolute Gasteiger partial charge is 0.385 e. The minimum absolute atomic E-state index is 0.416. The lowest BCUT2D eigenvalue weighted by atomic mass is 10.0. The van der Waals surface area contributed by atoms with Gasteiger partial charge >= 0.3 is 0 Å². The molecule has 1 saturated heterocycles. The summed E-state index contributed by atoms with van der Waals surface area (Å²) < 4.78 is 27.0. The monoisotopic (exact) mass is 294 g/mol. The Labute approximate surface area is 121 Å². The molecular weight excluding hydrogens is 272 g/mol. The normalized spacial score (nSPS) is 26.6. The SMILES string of the molecule is CCNc1ccc(S(=O)(=O)N2CC3CCCC3C2)cc1. The van der Waals surface area contributed by atoms with Gasteiger partial charge in [0.25, 0.3) is 0 Å². The van der Waals surface area contributed by atoms with Crippen LogP contribution in [0.2, 0.25) is 0 Å². The van der Waals surface area contributed by atoms with Gasteiger partial charge in [-0.05, 0) is 55.9 Å². The van der Waals surface area contributed by atoms with Crippen molar-refractivity contribution in [3.8, 4) is 0 Å². The van der Waals surface area contributed by atoms with Gasteiger partial charge in [-0.3, -0.25) is 0 Å². The zero-order valence-corrected chi connectivity index (χ0v) is 12.7. The highest BCUT2D eigenvalue weighted by atomic mass is 32.2. The molecule has 1 aromatic carbocycles. The number of anilines is 1. The van der Waals surface area contributed by atoms with Crippen LogP contribution in [-0.4, -0.2) is 32.4 Å². The van der Waals surface area contributed by atoms with Crippen molar-refractivity contribution in [2.24, 2.45) is 11.8 Å². The predicted octanol–water partition coefficient (Wildman–Crippen LogP) is 2.54. The molecule has 1 saturated carbocycles. The quantitative estimate of drug-likeness (QED) is 0.928. The Bertz CT molecular complexity index is 556. The van der Waals surface area contributed by atoms with E-state index in [0.29, 0.717) is 29.8 Å². The lowest BCUT2D eigenvalue weighted by Crippen LogP contribution is -2.29. The molecule has 1 N–H and O–H groups in total. The molecule has 0 bridgehead atoms. The van der Waals surface area contributed by atoms with Crippen LogP contribution in [0.3, 0.4) is 0 Å². The number of sulfonamides is 1. The molecule has 0 aromatic heterocycles. The summed E-state index contributed by atoms with van der Waals surface area (Å²) in [7, 11) is -3.31. The van der Waals surface area contributed by atoms with E-state index in [1.807, 2.05) is 19.1 Å². The standard InChI is InChI=1S/C15H22N2O2S/c1-2-16-14-6-8-15(9-7-14)20(18,19)17-10-12-4-3-5-13(12)11-17/h6-9,12-13,16H,2-5,10-11H2,1H3. The van der Waals surface area contributed by atoms with Crippen LogP contribution >= 0.6 is 0 Å². The van der Waals surface area contributed by atoms with Gasteiger partial charge < -0.3 is 5.32 Å². The van der Waals surface area contributed by atoms with E-state index < -0.39 is 10.0 Å². The van der Waals surface area contributed by atoms with Crippen LogP contribution in [0, 0.1) is 11.8 Å². The molecule has 4 nitrogen and oxygen atoms in total. The molecule has 0 amide bonds. The van der Waals surface area contributed by atoms with Gasteiger partial charge in [0.05, 0.1) is 4.90 Å². The van der Waals surface area contributed by atoms with Crippen LogP contribution in [0.5, 0.6) is 0 Å². The fraction of sp³-hybridized carbons (Fsp3) is 0.600. The molecule has 20 heavy (non-hydrogen) atoms. The zero-order valence-electron chi connectivity index (χ0n) is 11.9. The Morgan fingerprint density at radius 2 is 1.75 bits per heavy atom. The summed E-state index contributed by atoms with van der Waals surface area (Å²) in [6.45, 7) is 4.28. The summed E-state index contributed by atoms with van der Waals surface area (Å²) in [5.74, 6) is 1.18. The number of hydrogen-bond donors (Lipinski definition) is 1. The van der Waals surface area contributed by atoms with Crippen LogP contribution < -0.4 is 5.32 Å². The Balaban J connectivity index is 1.78. The van der Waals surface area contributed by atoms with Crippen molar-refractivity contribution in [1.29, 1.82) is 0 Å². The Morgan fingerprint density at radius 1 is 1.15 bits per heavy atom. The van der Waals surface area contributed by atoms with Crippen molar-refractivity contribution in [3.63, 3.8) is 0 Å². The maximum atomic E-state index is 12.6. The van der Waals surface area contributed by atoms with E-state index in [-0.39, 0.29) is 0 Å². The van der Waals surface area contributed by atoms with Crippen molar-refractivity contribution < 1.29 is 8.42 Å². The lowest BCUT2D eigenvalue weighted by Gasteiger charge is -2.17. The topological polar surface area (TPSA) is 49.4 Å². The average molecular weight is 294 g/mol. The van der Waals surface area contributed by atoms with Crippen molar-refractivity contribution in [2.45, 2.75) is 31.1 Å². The van der Waals surface area contributed by atoms with E-state index >= 15 is 0 Å². The van der Waals surface area contributed by atoms with Gasteiger partial charge in [-0.1, -0.05) is 6.42 Å². The van der Waals surface area contributed by atoms with E-state index in [0.717, 1.165) is 12.2 Å². The minimum atomic E-state index is -3.31. The minimum Gasteiger partial charge on any atom is -0.385 e. The zero-order chi connectivity index (χ0) is 14.2. The molecule has 2 aliphatic rings. The van der Waals surface area contributed by atoms with E-state index in [4.69, 9.17) is 0 Å². The van der Waals surface area contributed by atoms with Gasteiger partial charge in [-0.2, -0.15) is 4.31 Å². The molecule has 0 radical (unpaired) electrons. The van der Waals surface area contributed by atoms with Gasteiger partial charge in [0, 0.05) is 25.3 Å². The second-order valence-corrected chi connectivity index (χ2v) is 7.77. The molecule has 110 valence electrons. The number of rotatable bonds is 4. The summed E-state index contributed by atoms with van der Waals surface area (Å²) in [4.78, 5) is 0.416. The number of hydrogen-bond acceptors (Lipinski definition) is 3. The van der Waals surface area contributed by atoms with Crippen LogP contribution in [-0.2, 0) is 10.0 Å². The number of benzene rings is 1. The summed E-state index contributed by atoms with van der Waals surface area (Å²) >= 11 is 0. The molecular formula is C15H22N2O2S. The van der Waals surface area contributed by atoms with Crippen LogP contribution in [0.4, 0.5) is 5.69 Å². The smallest absolute Gasteiger partial charge is 0.243 e. The highest BCUT2D eigenvalue weighted by Gasteiger charge is 2.41. The second-order valence-electron chi connectivity index (χ2n) is 5.83. The van der Waals surface area contributed by atoms with Crippen LogP contribution in [0.25, 0.3) is 0 Å². The highest BCUT2D eigenvalue weighted by Crippen LogP contribution is 2.39. The Morgan fingerprint density at radius 3 is 2.30 bits per heavy atom. The third kappa shape index (κ3) is 2.44. The van der Waals surface area contributed by atoms with Crippen molar-refractivity contribution >= 4 is 15.7 Å². The molecule has 5 heteroatoms. The van der Waals surface area contributed by atoms with Crippen molar-refractivity contribution in [3.05, 3.63) is 24.3 Å². The molecule has 1 aliphatic carbocycles. The summed E-state index contributed by atoms with van der Waals surface area (Å²) in [5, 5.41) is 3.18. The maximum absolute atomic E-state index is 12.6. The molecule has 2 fully saturated rings. The first-order valence-corrected chi connectivity index (χ1v) is 8.89. The maximum Gasteiger partial charge on any atom is 0.243 e. The first-order valence-electron chi connectivity index (χ1n) is 7.45. The van der Waals surface area contributed by atoms with E-state index in [2.05, 4.69) is 5.32 Å². The van der Waals surface area contributed by atoms with E-state index in [9.17, 15) is 8.42 Å². The summed E-state index contributed by atoms with van der Waals surface area (Å²) in [5.41, 5.74) is 0.963. The fourth-order valence-electron chi connectivity index (χ4n) is 3.49. The lowest BCUT2D eigenvalue weighted by molar-refractivity contribution is 0.445. The highest BCUT2D eigenvalue weighted by molar-refractivity contribution is 7.89. The molecule has 1 aromatic rings. The molecule has 0 spiro atoms. The molecule has 1 aliphatic heterocycles. The molecule has 3 rings (SSSR count). The van der Waals surface area contributed by atoms with Crippen molar-refractivity contribution in [2.75, 3.05) is 25.0 Å². The first-order chi connectivity index (χ1) is 9.61. The molecule has 2 unspecified atom stereocenters. The second kappa shape index (κ2) is 5.37. The van der Waals surface area contributed by atoms with Gasteiger partial charge in [0.1, 0.15) is 0 Å². The van der Waals surface area contributed by atoms with E-state index in [1.54, 1.807) is 16.4 Å². The Kier molecular flexibility index (Phi) is 3.73. The van der Waals surface area contributed by atoms with Gasteiger partial charge in [-0.25, -0.2) is 8.42 Å². The molecule has 2 atom stereocenters. The Hall–Kier alpha value is -1.07. The summed E-state index contributed by atoms with van der Waals surface area (Å²) in [6, 6.07) is 7.10. The van der Waals surface area contributed by atoms with Gasteiger partial charge in [0.15, 0.2) is 0 Å². The summed E-state index contributed by atoms with van der Waals surface area (Å²) in [6.07, 6.45) is 3.65. The third-order valence-corrected chi connectivity index (χ3v) is 6.41. The van der Waals surface area contributed by atoms with E-state index in [1.165, 1.54) is 19.3 Å². The molecule has 1 heterocycles. The van der Waals surface area contributed by atoms with Gasteiger partial charge in [-0.15, -0.1) is 0 Å². The van der Waals surface area contributed by atoms with Crippen molar-refractivity contribution in [1.82, 2.24) is 4.31 Å². The van der Waals surface area contributed by atoms with Crippen LogP contribution in [0.15, 0.2) is 29.2 Å². The first kappa shape index (κ1) is 13.9. The predicted molar refractivity (Wildman–Crippen MR) is 80.2 cm³/mol. The fourth-order valence-corrected chi connectivity index (χ4v) is 5.04. The number of nitrogens with zero attached hydrogens (tertiary/aromatic N) is 1. The average Bonchev–Trinajstić information content (AvgIpc) is 3.00. The number of fused-ring (bicyclic) bond motifs is 1. The van der Waals surface area contributed by atoms with Crippen LogP contribution in [0.1, 0.15) is 26.2 Å². The van der Waals surface area contributed by atoms with Gasteiger partial charge in [0.2, 0.25) is 10.0 Å². The third-order valence-electron chi connectivity index (χ3n) is 4.57. The number of nitrogens with one attached hydrogen (secondary N) is 1.